The molecule has 16 heavy (non-hydrogen) atoms. The van der Waals surface area contributed by atoms with Gasteiger partial charge in [0.25, 0.3) is 0 Å². The molecule has 84 valence electrons. The van der Waals surface area contributed by atoms with Crippen LogP contribution in [0.1, 0.15) is 37.8 Å². The fourth-order valence-electron chi connectivity index (χ4n) is 1.53. The topological polar surface area (TPSA) is 23.8 Å². The molecule has 0 aliphatic rings. The van der Waals surface area contributed by atoms with Gasteiger partial charge in [-0.25, -0.2) is 0 Å². The van der Waals surface area contributed by atoms with Crippen LogP contribution in [0.4, 0.5) is 0 Å². The third-order valence-electron chi connectivity index (χ3n) is 2.52. The van der Waals surface area contributed by atoms with E-state index in [0.717, 1.165) is 24.8 Å². The number of allylic oxidation sites excluding steroid dienone is 1. The first-order valence-electron chi connectivity index (χ1n) is 5.61. The van der Waals surface area contributed by atoms with Crippen LogP contribution in [-0.2, 0) is 6.42 Å². The van der Waals surface area contributed by atoms with E-state index in [1.165, 1.54) is 5.56 Å². The van der Waals surface area contributed by atoms with E-state index in [4.69, 9.17) is 16.9 Å². The number of aryl methyl sites for hydroxylation is 1. The van der Waals surface area contributed by atoms with E-state index in [-0.39, 0.29) is 0 Å². The zero-order valence-electron chi connectivity index (χ0n) is 9.76. The minimum Gasteiger partial charge on any atom is -0.193 e. The Bertz CT molecular complexity index is 409. The lowest BCUT2D eigenvalue weighted by atomic mass is 10.1. The van der Waals surface area contributed by atoms with E-state index >= 15 is 0 Å². The maximum absolute atomic E-state index is 9.00. The van der Waals surface area contributed by atoms with Crippen LogP contribution in [-0.4, -0.2) is 0 Å². The van der Waals surface area contributed by atoms with Gasteiger partial charge in [-0.3, -0.25) is 0 Å². The Labute approximate surface area is 102 Å². The standard InChI is InChI=1S/C14H16ClN/c1-3-5-13(10-16)14(15)12-8-6-11(4-2)7-9-12/h6-9H,3-5H2,1-2H3. The van der Waals surface area contributed by atoms with Gasteiger partial charge in [0.05, 0.1) is 11.1 Å². The molecule has 0 aliphatic heterocycles. The first-order chi connectivity index (χ1) is 7.72. The normalized spacial score (nSPS) is 11.9. The monoisotopic (exact) mass is 233 g/mol. The van der Waals surface area contributed by atoms with Crippen LogP contribution >= 0.6 is 11.6 Å². The molecule has 0 aromatic heterocycles. The Morgan fingerprint density at radius 3 is 2.31 bits per heavy atom. The number of hydrogen-bond donors (Lipinski definition) is 0. The van der Waals surface area contributed by atoms with Crippen LogP contribution in [0.5, 0.6) is 0 Å². The van der Waals surface area contributed by atoms with Crippen LogP contribution < -0.4 is 0 Å². The maximum atomic E-state index is 9.00. The maximum Gasteiger partial charge on any atom is 0.0962 e. The molecule has 1 aromatic rings. The summed E-state index contributed by atoms with van der Waals surface area (Å²) in [6.07, 6.45) is 2.69. The number of halogens is 1. The van der Waals surface area contributed by atoms with E-state index in [0.29, 0.717) is 10.6 Å². The van der Waals surface area contributed by atoms with Gasteiger partial charge in [0, 0.05) is 5.57 Å². The lowest BCUT2D eigenvalue weighted by Crippen LogP contribution is -1.86. The van der Waals surface area contributed by atoms with Gasteiger partial charge in [-0.15, -0.1) is 0 Å². The summed E-state index contributed by atoms with van der Waals surface area (Å²) in [7, 11) is 0. The molecule has 0 unspecified atom stereocenters. The van der Waals surface area contributed by atoms with Crippen molar-refractivity contribution in [1.29, 1.82) is 5.26 Å². The van der Waals surface area contributed by atoms with Crippen molar-refractivity contribution in [2.75, 3.05) is 0 Å². The smallest absolute Gasteiger partial charge is 0.0962 e. The first kappa shape index (κ1) is 12.8. The number of nitriles is 1. The van der Waals surface area contributed by atoms with Gasteiger partial charge in [-0.05, 0) is 24.0 Å². The minimum absolute atomic E-state index is 0.590. The fourth-order valence-corrected chi connectivity index (χ4v) is 1.79. The second-order valence-corrected chi connectivity index (χ2v) is 4.08. The second-order valence-electron chi connectivity index (χ2n) is 3.70. The van der Waals surface area contributed by atoms with Gasteiger partial charge in [-0.1, -0.05) is 56.1 Å². The molecular formula is C14H16ClN. The third kappa shape index (κ3) is 3.12. The molecule has 0 atom stereocenters. The van der Waals surface area contributed by atoms with Crippen molar-refractivity contribution < 1.29 is 0 Å². The summed E-state index contributed by atoms with van der Waals surface area (Å²) >= 11 is 6.20. The molecule has 0 saturated carbocycles. The fraction of sp³-hybridized carbons (Fsp3) is 0.357. The Morgan fingerprint density at radius 1 is 1.25 bits per heavy atom. The highest BCUT2D eigenvalue weighted by atomic mass is 35.5. The Morgan fingerprint density at radius 2 is 1.88 bits per heavy atom. The molecule has 0 saturated heterocycles. The van der Waals surface area contributed by atoms with Gasteiger partial charge in [0.15, 0.2) is 0 Å². The summed E-state index contributed by atoms with van der Waals surface area (Å²) < 4.78 is 0. The van der Waals surface area contributed by atoms with Crippen LogP contribution in [0.25, 0.3) is 5.03 Å². The quantitative estimate of drug-likeness (QED) is 0.702. The Hall–Kier alpha value is -1.26. The molecular weight excluding hydrogens is 218 g/mol. The molecule has 0 radical (unpaired) electrons. The Balaban J connectivity index is 3.03. The average Bonchev–Trinajstić information content (AvgIpc) is 2.35. The van der Waals surface area contributed by atoms with E-state index in [9.17, 15) is 0 Å². The minimum atomic E-state index is 0.590. The molecule has 0 N–H and O–H groups in total. The molecule has 0 aliphatic carbocycles. The highest BCUT2D eigenvalue weighted by Crippen LogP contribution is 2.25. The van der Waals surface area contributed by atoms with Crippen molar-refractivity contribution in [3.05, 3.63) is 41.0 Å². The summed E-state index contributed by atoms with van der Waals surface area (Å²) in [4.78, 5) is 0. The molecule has 1 aromatic carbocycles. The summed E-state index contributed by atoms with van der Waals surface area (Å²) in [5.74, 6) is 0. The van der Waals surface area contributed by atoms with Gasteiger partial charge in [-0.2, -0.15) is 5.26 Å². The molecule has 1 rings (SSSR count). The van der Waals surface area contributed by atoms with Gasteiger partial charge in [0.1, 0.15) is 0 Å². The molecule has 0 spiro atoms. The molecule has 1 nitrogen and oxygen atoms in total. The largest absolute Gasteiger partial charge is 0.193 e. The van der Waals surface area contributed by atoms with E-state index in [1.807, 2.05) is 19.1 Å². The van der Waals surface area contributed by atoms with Gasteiger partial charge < -0.3 is 0 Å². The van der Waals surface area contributed by atoms with Crippen LogP contribution in [0.3, 0.4) is 0 Å². The number of benzene rings is 1. The predicted octanol–water partition coefficient (Wildman–Crippen LogP) is 4.52. The average molecular weight is 234 g/mol. The molecule has 0 fully saturated rings. The lowest BCUT2D eigenvalue weighted by Gasteiger charge is -2.04. The first-order valence-corrected chi connectivity index (χ1v) is 5.98. The summed E-state index contributed by atoms with van der Waals surface area (Å²) in [5, 5.41) is 9.59. The van der Waals surface area contributed by atoms with Crippen LogP contribution in [0, 0.1) is 11.3 Å². The van der Waals surface area contributed by atoms with Crippen molar-refractivity contribution in [3.8, 4) is 6.07 Å². The summed E-state index contributed by atoms with van der Waals surface area (Å²) in [6.45, 7) is 4.16. The molecule has 0 heterocycles. The molecule has 0 bridgehead atoms. The second kappa shape index (κ2) is 6.35. The summed E-state index contributed by atoms with van der Waals surface area (Å²) in [5.41, 5.74) is 2.89. The highest BCUT2D eigenvalue weighted by Gasteiger charge is 2.05. The zero-order chi connectivity index (χ0) is 12.0. The van der Waals surface area contributed by atoms with Crippen molar-refractivity contribution in [2.24, 2.45) is 0 Å². The van der Waals surface area contributed by atoms with E-state index < -0.39 is 0 Å². The highest BCUT2D eigenvalue weighted by molar-refractivity contribution is 6.49. The van der Waals surface area contributed by atoms with Gasteiger partial charge in [0.2, 0.25) is 0 Å². The number of rotatable bonds is 4. The van der Waals surface area contributed by atoms with Crippen molar-refractivity contribution in [1.82, 2.24) is 0 Å². The third-order valence-corrected chi connectivity index (χ3v) is 2.96. The van der Waals surface area contributed by atoms with Crippen LogP contribution in [0.2, 0.25) is 0 Å². The number of hydrogen-bond acceptors (Lipinski definition) is 1. The van der Waals surface area contributed by atoms with E-state index in [1.54, 1.807) is 0 Å². The zero-order valence-corrected chi connectivity index (χ0v) is 10.5. The van der Waals surface area contributed by atoms with Crippen molar-refractivity contribution in [2.45, 2.75) is 33.1 Å². The predicted molar refractivity (Wildman–Crippen MR) is 69.1 cm³/mol. The van der Waals surface area contributed by atoms with Crippen LogP contribution in [0.15, 0.2) is 29.8 Å². The SMILES string of the molecule is CCCC(C#N)=C(Cl)c1ccc(CC)cc1. The van der Waals surface area contributed by atoms with Crippen molar-refractivity contribution >= 4 is 16.6 Å². The Kier molecular flexibility index (Phi) is 5.08. The lowest BCUT2D eigenvalue weighted by molar-refractivity contribution is 0.933. The molecule has 0 amide bonds. The molecule has 2 heteroatoms. The number of nitrogens with zero attached hydrogens (tertiary/aromatic N) is 1. The van der Waals surface area contributed by atoms with Crippen molar-refractivity contribution in [3.63, 3.8) is 0 Å². The summed E-state index contributed by atoms with van der Waals surface area (Å²) in [6, 6.07) is 10.2. The van der Waals surface area contributed by atoms with E-state index in [2.05, 4.69) is 25.1 Å². The van der Waals surface area contributed by atoms with Gasteiger partial charge >= 0.3 is 0 Å².